The van der Waals surface area contributed by atoms with Crippen LogP contribution in [-0.4, -0.2) is 19.1 Å². The minimum atomic E-state index is 0.659. The molecule has 0 radical (unpaired) electrons. The molecule has 2 N–H and O–H groups in total. The second-order valence-electron chi connectivity index (χ2n) is 5.56. The van der Waals surface area contributed by atoms with Crippen molar-refractivity contribution < 1.29 is 0 Å². The zero-order valence-corrected chi connectivity index (χ0v) is 11.8. The Labute approximate surface area is 111 Å². The molecule has 100 valence electrons. The number of nitrogens with zero attached hydrogens (tertiary/aromatic N) is 1. The molecule has 1 aliphatic rings. The van der Waals surface area contributed by atoms with Crippen LogP contribution in [0.25, 0.3) is 0 Å². The van der Waals surface area contributed by atoms with Gasteiger partial charge in [-0.3, -0.25) is 0 Å². The Hall–Kier alpha value is -1.02. The fraction of sp³-hybridized carbons (Fsp3) is 0.625. The zero-order valence-electron chi connectivity index (χ0n) is 11.8. The van der Waals surface area contributed by atoms with Crippen molar-refractivity contribution in [1.29, 1.82) is 0 Å². The highest BCUT2D eigenvalue weighted by Gasteiger charge is 2.19. The Morgan fingerprint density at radius 2 is 2.11 bits per heavy atom. The van der Waals surface area contributed by atoms with E-state index in [-0.39, 0.29) is 0 Å². The van der Waals surface area contributed by atoms with Crippen LogP contribution in [-0.2, 0) is 6.42 Å². The summed E-state index contributed by atoms with van der Waals surface area (Å²) in [4.78, 5) is 2.59. The van der Waals surface area contributed by atoms with Crippen LogP contribution < -0.4 is 10.6 Å². The molecule has 1 atom stereocenters. The summed E-state index contributed by atoms with van der Waals surface area (Å²) in [5.41, 5.74) is 9.93. The predicted molar refractivity (Wildman–Crippen MR) is 79.2 cm³/mol. The molecule has 18 heavy (non-hydrogen) atoms. The average Bonchev–Trinajstić information content (AvgIpc) is 2.55. The first-order valence-corrected chi connectivity index (χ1v) is 7.28. The summed E-state index contributed by atoms with van der Waals surface area (Å²) in [5.74, 6) is 0. The maximum absolute atomic E-state index is 5.76. The molecule has 0 saturated carbocycles. The second kappa shape index (κ2) is 6.24. The van der Waals surface area contributed by atoms with Crippen LogP contribution in [0.1, 0.15) is 43.7 Å². The van der Waals surface area contributed by atoms with Crippen molar-refractivity contribution in [2.45, 2.75) is 52.0 Å². The van der Waals surface area contributed by atoms with E-state index in [0.29, 0.717) is 6.04 Å². The summed E-state index contributed by atoms with van der Waals surface area (Å²) in [6.07, 6.45) is 6.37. The number of hydrogen-bond donors (Lipinski definition) is 1. The van der Waals surface area contributed by atoms with Crippen LogP contribution >= 0.6 is 0 Å². The third-order valence-corrected chi connectivity index (χ3v) is 4.01. The van der Waals surface area contributed by atoms with Gasteiger partial charge in [-0.25, -0.2) is 0 Å². The van der Waals surface area contributed by atoms with Gasteiger partial charge in [0.2, 0.25) is 0 Å². The van der Waals surface area contributed by atoms with E-state index >= 15 is 0 Å². The zero-order chi connectivity index (χ0) is 13.0. The summed E-state index contributed by atoms with van der Waals surface area (Å²) < 4.78 is 0. The maximum Gasteiger partial charge on any atom is 0.0401 e. The van der Waals surface area contributed by atoms with E-state index in [9.17, 15) is 0 Å². The van der Waals surface area contributed by atoms with Gasteiger partial charge in [0.1, 0.15) is 0 Å². The lowest BCUT2D eigenvalue weighted by Gasteiger charge is -2.31. The van der Waals surface area contributed by atoms with Gasteiger partial charge in [-0.2, -0.15) is 0 Å². The summed E-state index contributed by atoms with van der Waals surface area (Å²) in [7, 11) is 0. The van der Waals surface area contributed by atoms with Gasteiger partial charge in [0.05, 0.1) is 0 Å². The third kappa shape index (κ3) is 3.05. The van der Waals surface area contributed by atoms with Crippen molar-refractivity contribution >= 4 is 5.69 Å². The highest BCUT2D eigenvalue weighted by atomic mass is 15.2. The standard InChI is InChI=1S/C16H26N2/c1-13-7-8-16(15(12-13)9-10-17)18-11-5-3-4-6-14(18)2/h7-8,12,14H,3-6,9-11,17H2,1-2H3. The van der Waals surface area contributed by atoms with E-state index in [0.717, 1.165) is 13.0 Å². The van der Waals surface area contributed by atoms with Crippen molar-refractivity contribution in [1.82, 2.24) is 0 Å². The van der Waals surface area contributed by atoms with E-state index in [1.54, 1.807) is 0 Å². The molecular weight excluding hydrogens is 220 g/mol. The first-order chi connectivity index (χ1) is 8.72. The van der Waals surface area contributed by atoms with Crippen LogP contribution in [0.15, 0.2) is 18.2 Å². The average molecular weight is 246 g/mol. The van der Waals surface area contributed by atoms with E-state index < -0.39 is 0 Å². The molecule has 0 aromatic heterocycles. The summed E-state index contributed by atoms with van der Waals surface area (Å²) >= 11 is 0. The molecule has 2 heteroatoms. The summed E-state index contributed by atoms with van der Waals surface area (Å²) in [6, 6.07) is 7.49. The fourth-order valence-corrected chi connectivity index (χ4v) is 2.98. The number of hydrogen-bond acceptors (Lipinski definition) is 2. The molecular formula is C16H26N2. The number of aryl methyl sites for hydroxylation is 1. The summed E-state index contributed by atoms with van der Waals surface area (Å²) in [5, 5.41) is 0. The first-order valence-electron chi connectivity index (χ1n) is 7.28. The molecule has 0 spiro atoms. The normalized spacial score (nSPS) is 20.8. The minimum absolute atomic E-state index is 0.659. The summed E-state index contributed by atoms with van der Waals surface area (Å²) in [6.45, 7) is 6.45. The van der Waals surface area contributed by atoms with E-state index in [2.05, 4.69) is 36.9 Å². The SMILES string of the molecule is Cc1ccc(N2CCCCCC2C)c(CCN)c1. The molecule has 0 bridgehead atoms. The van der Waals surface area contributed by atoms with Crippen molar-refractivity contribution in [2.24, 2.45) is 5.73 Å². The quantitative estimate of drug-likeness (QED) is 0.887. The van der Waals surface area contributed by atoms with Gasteiger partial charge in [0.25, 0.3) is 0 Å². The Morgan fingerprint density at radius 1 is 1.28 bits per heavy atom. The molecule has 2 rings (SSSR count). The number of nitrogens with two attached hydrogens (primary N) is 1. The molecule has 0 amide bonds. The lowest BCUT2D eigenvalue weighted by molar-refractivity contribution is 0.614. The molecule has 1 aliphatic heterocycles. The number of rotatable bonds is 3. The molecule has 1 heterocycles. The molecule has 1 aromatic rings. The van der Waals surface area contributed by atoms with Crippen LogP contribution in [0.3, 0.4) is 0 Å². The maximum atomic E-state index is 5.76. The topological polar surface area (TPSA) is 29.3 Å². The lowest BCUT2D eigenvalue weighted by atomic mass is 10.0. The number of benzene rings is 1. The van der Waals surface area contributed by atoms with Gasteiger partial charge < -0.3 is 10.6 Å². The third-order valence-electron chi connectivity index (χ3n) is 4.01. The first kappa shape index (κ1) is 13.4. The molecule has 1 saturated heterocycles. The van der Waals surface area contributed by atoms with Crippen LogP contribution in [0, 0.1) is 6.92 Å². The van der Waals surface area contributed by atoms with E-state index in [4.69, 9.17) is 5.73 Å². The van der Waals surface area contributed by atoms with E-state index in [1.165, 1.54) is 49.0 Å². The molecule has 2 nitrogen and oxygen atoms in total. The van der Waals surface area contributed by atoms with Gasteiger partial charge in [-0.05, 0) is 51.3 Å². The van der Waals surface area contributed by atoms with Crippen molar-refractivity contribution in [3.63, 3.8) is 0 Å². The smallest absolute Gasteiger partial charge is 0.0401 e. The molecule has 1 aromatic carbocycles. The number of anilines is 1. The van der Waals surface area contributed by atoms with Gasteiger partial charge in [-0.1, -0.05) is 30.5 Å². The minimum Gasteiger partial charge on any atom is -0.369 e. The van der Waals surface area contributed by atoms with Crippen LogP contribution in [0.2, 0.25) is 0 Å². The second-order valence-corrected chi connectivity index (χ2v) is 5.56. The van der Waals surface area contributed by atoms with E-state index in [1.807, 2.05) is 0 Å². The Morgan fingerprint density at radius 3 is 2.89 bits per heavy atom. The van der Waals surface area contributed by atoms with Crippen LogP contribution in [0.4, 0.5) is 5.69 Å². The van der Waals surface area contributed by atoms with Crippen LogP contribution in [0.5, 0.6) is 0 Å². The largest absolute Gasteiger partial charge is 0.369 e. The van der Waals surface area contributed by atoms with Gasteiger partial charge in [-0.15, -0.1) is 0 Å². The molecule has 1 unspecified atom stereocenters. The Bertz CT molecular complexity index is 387. The fourth-order valence-electron chi connectivity index (χ4n) is 2.98. The van der Waals surface area contributed by atoms with Gasteiger partial charge in [0.15, 0.2) is 0 Å². The Balaban J connectivity index is 2.29. The monoisotopic (exact) mass is 246 g/mol. The predicted octanol–water partition coefficient (Wildman–Crippen LogP) is 3.27. The van der Waals surface area contributed by atoms with Gasteiger partial charge >= 0.3 is 0 Å². The van der Waals surface area contributed by atoms with Crippen molar-refractivity contribution in [3.05, 3.63) is 29.3 Å². The Kier molecular flexibility index (Phi) is 4.65. The van der Waals surface area contributed by atoms with Crippen molar-refractivity contribution in [2.75, 3.05) is 18.0 Å². The van der Waals surface area contributed by atoms with Gasteiger partial charge in [0, 0.05) is 18.3 Å². The van der Waals surface area contributed by atoms with Crippen molar-refractivity contribution in [3.8, 4) is 0 Å². The molecule has 1 fully saturated rings. The highest BCUT2D eigenvalue weighted by molar-refractivity contribution is 5.56. The lowest BCUT2D eigenvalue weighted by Crippen LogP contribution is -2.33. The highest BCUT2D eigenvalue weighted by Crippen LogP contribution is 2.28. The molecule has 0 aliphatic carbocycles.